The van der Waals surface area contributed by atoms with Gasteiger partial charge < -0.3 is 9.47 Å². The maximum Gasteiger partial charge on any atom is 0.222 e. The fraction of sp³-hybridized carbons (Fsp3) is 0.412. The van der Waals surface area contributed by atoms with Crippen molar-refractivity contribution in [3.8, 4) is 11.3 Å². The molecule has 0 fully saturated rings. The number of amides is 1. The molecule has 2 heterocycles. The summed E-state index contributed by atoms with van der Waals surface area (Å²) in [5, 5.41) is 0. The molecule has 1 aromatic heterocycles. The van der Waals surface area contributed by atoms with Crippen molar-refractivity contribution in [1.82, 2.24) is 14.5 Å². The van der Waals surface area contributed by atoms with Gasteiger partial charge in [0.15, 0.2) is 0 Å². The zero-order chi connectivity index (χ0) is 16.8. The summed E-state index contributed by atoms with van der Waals surface area (Å²) < 4.78 is 16.1. The number of rotatable bonds is 2. The second-order valence-corrected chi connectivity index (χ2v) is 7.18. The highest BCUT2D eigenvalue weighted by atomic mass is 79.9. The van der Waals surface area contributed by atoms with Crippen LogP contribution in [0.1, 0.15) is 33.0 Å². The molecule has 0 N–H and O–H groups in total. The van der Waals surface area contributed by atoms with Crippen molar-refractivity contribution < 1.29 is 9.18 Å². The molecule has 0 unspecified atom stereocenters. The van der Waals surface area contributed by atoms with E-state index in [1.807, 2.05) is 11.8 Å². The van der Waals surface area contributed by atoms with Crippen LogP contribution in [0.2, 0.25) is 0 Å². The lowest BCUT2D eigenvalue weighted by Crippen LogP contribution is -2.49. The Morgan fingerprint density at radius 2 is 2.00 bits per heavy atom. The Morgan fingerprint density at radius 3 is 2.61 bits per heavy atom. The molecule has 1 aromatic carbocycles. The Labute approximate surface area is 143 Å². The first kappa shape index (κ1) is 16.2. The van der Waals surface area contributed by atoms with E-state index in [9.17, 15) is 9.18 Å². The second-order valence-electron chi connectivity index (χ2n) is 6.43. The summed E-state index contributed by atoms with van der Waals surface area (Å²) in [6.45, 7) is 7.19. The van der Waals surface area contributed by atoms with E-state index < -0.39 is 0 Å². The van der Waals surface area contributed by atoms with Crippen LogP contribution in [0.5, 0.6) is 0 Å². The fourth-order valence-electron chi connectivity index (χ4n) is 3.12. The van der Waals surface area contributed by atoms with E-state index in [1.54, 1.807) is 12.1 Å². The van der Waals surface area contributed by atoms with Gasteiger partial charge in [0.05, 0.1) is 12.1 Å². The van der Waals surface area contributed by atoms with Crippen LogP contribution < -0.4 is 0 Å². The minimum absolute atomic E-state index is 0.131. The van der Waals surface area contributed by atoms with Crippen molar-refractivity contribution in [2.24, 2.45) is 0 Å². The molecule has 122 valence electrons. The van der Waals surface area contributed by atoms with E-state index >= 15 is 0 Å². The first-order chi connectivity index (χ1) is 10.8. The van der Waals surface area contributed by atoms with Crippen LogP contribution >= 0.6 is 15.9 Å². The average Bonchev–Trinajstić information content (AvgIpc) is 2.84. The zero-order valence-corrected chi connectivity index (χ0v) is 15.0. The standard InChI is InChI=1S/C17H19BrFN3O/c1-4-14(23)21-9-13-20-15(11-5-7-12(19)8-6-11)16(18)22(13)17(2,3)10-21/h5-8H,4,9-10H2,1-3H3. The Morgan fingerprint density at radius 1 is 1.35 bits per heavy atom. The van der Waals surface area contributed by atoms with Gasteiger partial charge in [-0.15, -0.1) is 0 Å². The van der Waals surface area contributed by atoms with Crippen molar-refractivity contribution in [2.45, 2.75) is 39.3 Å². The second kappa shape index (κ2) is 5.74. The SMILES string of the molecule is CCC(=O)N1Cc2nc(-c3ccc(F)cc3)c(Br)n2C(C)(C)C1. The minimum Gasteiger partial charge on any atom is -0.333 e. The van der Waals surface area contributed by atoms with Gasteiger partial charge in [-0.05, 0) is 54.0 Å². The maximum absolute atomic E-state index is 13.2. The number of imidazole rings is 1. The molecule has 0 aliphatic carbocycles. The van der Waals surface area contributed by atoms with Crippen molar-refractivity contribution >= 4 is 21.8 Å². The molecule has 3 rings (SSSR count). The van der Waals surface area contributed by atoms with Crippen LogP contribution in [0.3, 0.4) is 0 Å². The Balaban J connectivity index is 2.07. The number of nitrogens with zero attached hydrogens (tertiary/aromatic N) is 3. The highest BCUT2D eigenvalue weighted by Crippen LogP contribution is 2.37. The van der Waals surface area contributed by atoms with Gasteiger partial charge in [0.1, 0.15) is 21.9 Å². The summed E-state index contributed by atoms with van der Waals surface area (Å²) in [4.78, 5) is 18.7. The topological polar surface area (TPSA) is 38.1 Å². The Kier molecular flexibility index (Phi) is 4.04. The Bertz CT molecular complexity index is 752. The number of aromatic nitrogens is 2. The van der Waals surface area contributed by atoms with Crippen molar-refractivity contribution in [3.05, 3.63) is 40.5 Å². The molecule has 0 saturated carbocycles. The summed E-state index contributed by atoms with van der Waals surface area (Å²) in [5.41, 5.74) is 1.37. The predicted molar refractivity (Wildman–Crippen MR) is 90.4 cm³/mol. The molecule has 0 atom stereocenters. The molecule has 1 aliphatic heterocycles. The molecular formula is C17H19BrFN3O. The molecule has 2 aromatic rings. The van der Waals surface area contributed by atoms with E-state index in [0.29, 0.717) is 19.5 Å². The molecule has 6 heteroatoms. The third kappa shape index (κ3) is 2.80. The van der Waals surface area contributed by atoms with Crippen molar-refractivity contribution in [1.29, 1.82) is 0 Å². The maximum atomic E-state index is 13.2. The van der Waals surface area contributed by atoms with E-state index in [1.165, 1.54) is 12.1 Å². The zero-order valence-electron chi connectivity index (χ0n) is 13.4. The summed E-state index contributed by atoms with van der Waals surface area (Å²) in [6.07, 6.45) is 0.489. The number of hydrogen-bond donors (Lipinski definition) is 0. The van der Waals surface area contributed by atoms with Gasteiger partial charge in [0, 0.05) is 18.5 Å². The Hall–Kier alpha value is -1.69. The van der Waals surface area contributed by atoms with Gasteiger partial charge in [-0.1, -0.05) is 6.92 Å². The lowest BCUT2D eigenvalue weighted by Gasteiger charge is -2.40. The quantitative estimate of drug-likeness (QED) is 0.792. The molecule has 0 radical (unpaired) electrons. The molecule has 1 amide bonds. The number of hydrogen-bond acceptors (Lipinski definition) is 2. The summed E-state index contributed by atoms with van der Waals surface area (Å²) in [5.74, 6) is 0.704. The van der Waals surface area contributed by atoms with Gasteiger partial charge in [-0.3, -0.25) is 4.79 Å². The van der Waals surface area contributed by atoms with E-state index in [-0.39, 0.29) is 17.3 Å². The van der Waals surface area contributed by atoms with Gasteiger partial charge in [-0.2, -0.15) is 0 Å². The number of benzene rings is 1. The molecule has 1 aliphatic rings. The van der Waals surface area contributed by atoms with Crippen molar-refractivity contribution in [2.75, 3.05) is 6.54 Å². The minimum atomic E-state index is -0.270. The third-order valence-corrected chi connectivity index (χ3v) is 4.91. The number of carbonyl (C=O) groups is 1. The number of fused-ring (bicyclic) bond motifs is 1. The molecular weight excluding hydrogens is 361 g/mol. The van der Waals surface area contributed by atoms with Crippen LogP contribution in [0.4, 0.5) is 4.39 Å². The van der Waals surface area contributed by atoms with Gasteiger partial charge >= 0.3 is 0 Å². The third-order valence-electron chi connectivity index (χ3n) is 4.18. The monoisotopic (exact) mass is 379 g/mol. The van der Waals surface area contributed by atoms with Crippen LogP contribution in [-0.4, -0.2) is 26.9 Å². The van der Waals surface area contributed by atoms with Gasteiger partial charge in [0.25, 0.3) is 0 Å². The fourth-order valence-corrected chi connectivity index (χ4v) is 4.12. The van der Waals surface area contributed by atoms with E-state index in [2.05, 4.69) is 34.3 Å². The summed E-state index contributed by atoms with van der Waals surface area (Å²) >= 11 is 3.65. The molecule has 0 spiro atoms. The predicted octanol–water partition coefficient (Wildman–Crippen LogP) is 3.94. The summed E-state index contributed by atoms with van der Waals surface area (Å²) in [6, 6.07) is 6.29. The largest absolute Gasteiger partial charge is 0.333 e. The van der Waals surface area contributed by atoms with Gasteiger partial charge in [0.2, 0.25) is 5.91 Å². The van der Waals surface area contributed by atoms with Crippen LogP contribution in [0.15, 0.2) is 28.9 Å². The highest BCUT2D eigenvalue weighted by Gasteiger charge is 2.36. The lowest BCUT2D eigenvalue weighted by molar-refractivity contribution is -0.134. The van der Waals surface area contributed by atoms with E-state index in [0.717, 1.165) is 21.7 Å². The highest BCUT2D eigenvalue weighted by molar-refractivity contribution is 9.10. The van der Waals surface area contributed by atoms with Gasteiger partial charge in [-0.25, -0.2) is 9.37 Å². The lowest BCUT2D eigenvalue weighted by atomic mass is 10.0. The molecule has 23 heavy (non-hydrogen) atoms. The number of halogens is 2. The van der Waals surface area contributed by atoms with Crippen LogP contribution in [0.25, 0.3) is 11.3 Å². The van der Waals surface area contributed by atoms with Crippen LogP contribution in [0, 0.1) is 5.82 Å². The molecule has 4 nitrogen and oxygen atoms in total. The smallest absolute Gasteiger partial charge is 0.222 e. The summed E-state index contributed by atoms with van der Waals surface area (Å²) in [7, 11) is 0. The van der Waals surface area contributed by atoms with E-state index in [4.69, 9.17) is 4.98 Å². The first-order valence-electron chi connectivity index (χ1n) is 7.65. The average molecular weight is 380 g/mol. The van der Waals surface area contributed by atoms with Crippen molar-refractivity contribution in [3.63, 3.8) is 0 Å². The normalized spacial score (nSPS) is 16.3. The first-order valence-corrected chi connectivity index (χ1v) is 8.44. The van der Waals surface area contributed by atoms with Crippen LogP contribution in [-0.2, 0) is 16.9 Å². The molecule has 0 saturated heterocycles. The molecule has 0 bridgehead atoms. The number of carbonyl (C=O) groups excluding carboxylic acids is 1.